The molecule has 0 bridgehead atoms. The van der Waals surface area contributed by atoms with Crippen LogP contribution in [0.15, 0.2) is 4.99 Å². The molecule has 0 saturated carbocycles. The van der Waals surface area contributed by atoms with Crippen molar-refractivity contribution in [1.29, 1.82) is 0 Å². The van der Waals surface area contributed by atoms with Gasteiger partial charge in [0.2, 0.25) is 0 Å². The molecule has 110 valence electrons. The Morgan fingerprint density at radius 3 is 1.94 bits per heavy atom. The van der Waals surface area contributed by atoms with Crippen molar-refractivity contribution in [3.05, 3.63) is 0 Å². The van der Waals surface area contributed by atoms with Crippen LogP contribution in [0.4, 0.5) is 0 Å². The van der Waals surface area contributed by atoms with Crippen LogP contribution >= 0.6 is 0 Å². The summed E-state index contributed by atoms with van der Waals surface area (Å²) in [4.78, 5) is 6.39. The van der Waals surface area contributed by atoms with Gasteiger partial charge < -0.3 is 19.7 Å². The molecular formula is C13H31N3O2. The van der Waals surface area contributed by atoms with E-state index < -0.39 is 0 Å². The Labute approximate surface area is 113 Å². The molecule has 0 unspecified atom stereocenters. The lowest BCUT2D eigenvalue weighted by molar-refractivity contribution is 0.144. The molecule has 0 amide bonds. The number of hydrogen-bond acceptors (Lipinski definition) is 3. The highest BCUT2D eigenvalue weighted by molar-refractivity contribution is 5.79. The molecule has 0 saturated heterocycles. The van der Waals surface area contributed by atoms with Crippen LogP contribution < -0.4 is 5.32 Å². The summed E-state index contributed by atoms with van der Waals surface area (Å²) in [5.74, 6) is 0.913. The zero-order valence-corrected chi connectivity index (χ0v) is 13.0. The zero-order chi connectivity index (χ0) is 14.2. The van der Waals surface area contributed by atoms with Gasteiger partial charge in [0, 0.05) is 40.9 Å². The number of nitrogens with zero attached hydrogens (tertiary/aromatic N) is 2. The Morgan fingerprint density at radius 1 is 1.11 bits per heavy atom. The first-order valence-electron chi connectivity index (χ1n) is 6.73. The van der Waals surface area contributed by atoms with E-state index in [1.54, 1.807) is 21.3 Å². The standard InChI is InChI=1S/C11H25N3O2.C2H6/c1-5-6-13-11(12-2)14(7-9-15-3)8-10-16-4;1-2/h5-10H2,1-4H3,(H,12,13);1-2H3. The molecule has 0 aliphatic carbocycles. The van der Waals surface area contributed by atoms with E-state index in [1.165, 1.54) is 0 Å². The number of hydrogen-bond donors (Lipinski definition) is 1. The Bertz CT molecular complexity index is 179. The molecule has 0 atom stereocenters. The van der Waals surface area contributed by atoms with Crippen LogP contribution in [0.2, 0.25) is 0 Å². The maximum atomic E-state index is 5.09. The van der Waals surface area contributed by atoms with Crippen LogP contribution in [0.5, 0.6) is 0 Å². The van der Waals surface area contributed by atoms with Gasteiger partial charge in [-0.3, -0.25) is 4.99 Å². The third-order valence-corrected chi connectivity index (χ3v) is 2.18. The normalized spacial score (nSPS) is 10.7. The molecule has 0 heterocycles. The summed E-state index contributed by atoms with van der Waals surface area (Å²) in [6.07, 6.45) is 1.08. The average molecular weight is 261 g/mol. The Morgan fingerprint density at radius 2 is 1.61 bits per heavy atom. The minimum Gasteiger partial charge on any atom is -0.383 e. The Hall–Kier alpha value is -0.810. The van der Waals surface area contributed by atoms with Gasteiger partial charge in [-0.2, -0.15) is 0 Å². The Kier molecular flexibility index (Phi) is 17.6. The predicted molar refractivity (Wildman–Crippen MR) is 78.3 cm³/mol. The van der Waals surface area contributed by atoms with Crippen molar-refractivity contribution in [2.24, 2.45) is 4.99 Å². The second kappa shape index (κ2) is 16.2. The quantitative estimate of drug-likeness (QED) is 0.532. The second-order valence-electron chi connectivity index (χ2n) is 3.45. The topological polar surface area (TPSA) is 46.1 Å². The molecule has 0 aromatic heterocycles. The monoisotopic (exact) mass is 261 g/mol. The van der Waals surface area contributed by atoms with Crippen molar-refractivity contribution in [3.8, 4) is 0 Å². The lowest BCUT2D eigenvalue weighted by atomic mass is 10.4. The summed E-state index contributed by atoms with van der Waals surface area (Å²) in [5, 5.41) is 3.30. The van der Waals surface area contributed by atoms with Crippen LogP contribution in [0, 0.1) is 0 Å². The highest BCUT2D eigenvalue weighted by Gasteiger charge is 2.09. The highest BCUT2D eigenvalue weighted by Crippen LogP contribution is 1.91. The molecule has 18 heavy (non-hydrogen) atoms. The highest BCUT2D eigenvalue weighted by atomic mass is 16.5. The third kappa shape index (κ3) is 10.4. The molecule has 0 fully saturated rings. The van der Waals surface area contributed by atoms with Gasteiger partial charge in [0.1, 0.15) is 0 Å². The smallest absolute Gasteiger partial charge is 0.193 e. The summed E-state index contributed by atoms with van der Waals surface area (Å²) in [6, 6.07) is 0. The van der Waals surface area contributed by atoms with Crippen LogP contribution in [0.1, 0.15) is 27.2 Å². The maximum Gasteiger partial charge on any atom is 0.193 e. The molecule has 0 rings (SSSR count). The lowest BCUT2D eigenvalue weighted by Gasteiger charge is -2.26. The van der Waals surface area contributed by atoms with E-state index >= 15 is 0 Å². The van der Waals surface area contributed by atoms with Gasteiger partial charge in [-0.15, -0.1) is 0 Å². The molecule has 0 radical (unpaired) electrons. The molecule has 1 N–H and O–H groups in total. The van der Waals surface area contributed by atoms with E-state index in [2.05, 4.69) is 22.1 Å². The van der Waals surface area contributed by atoms with Gasteiger partial charge in [-0.05, 0) is 6.42 Å². The molecule has 0 aliphatic heterocycles. The van der Waals surface area contributed by atoms with E-state index in [1.807, 2.05) is 13.8 Å². The summed E-state index contributed by atoms with van der Waals surface area (Å²) < 4.78 is 10.2. The van der Waals surface area contributed by atoms with E-state index in [9.17, 15) is 0 Å². The largest absolute Gasteiger partial charge is 0.383 e. The first kappa shape index (κ1) is 19.5. The first-order valence-corrected chi connectivity index (χ1v) is 6.73. The molecule has 0 spiro atoms. The number of guanidine groups is 1. The van der Waals surface area contributed by atoms with Crippen molar-refractivity contribution in [2.75, 3.05) is 54.1 Å². The first-order chi connectivity index (χ1) is 8.79. The van der Waals surface area contributed by atoms with E-state index in [0.717, 1.165) is 32.0 Å². The van der Waals surface area contributed by atoms with Gasteiger partial charge in [-0.25, -0.2) is 0 Å². The molecule has 5 nitrogen and oxygen atoms in total. The summed E-state index contributed by atoms with van der Waals surface area (Å²) >= 11 is 0. The van der Waals surface area contributed by atoms with E-state index in [4.69, 9.17) is 9.47 Å². The Balaban J connectivity index is 0. The zero-order valence-electron chi connectivity index (χ0n) is 13.0. The van der Waals surface area contributed by atoms with E-state index in [-0.39, 0.29) is 0 Å². The molecule has 0 aliphatic rings. The summed E-state index contributed by atoms with van der Waals surface area (Å²) in [6.45, 7) is 10.1. The fourth-order valence-electron chi connectivity index (χ4n) is 1.30. The fourth-order valence-corrected chi connectivity index (χ4v) is 1.30. The summed E-state index contributed by atoms with van der Waals surface area (Å²) in [5.41, 5.74) is 0. The maximum absolute atomic E-state index is 5.09. The fraction of sp³-hybridized carbons (Fsp3) is 0.923. The van der Waals surface area contributed by atoms with Crippen LogP contribution in [0.3, 0.4) is 0 Å². The van der Waals surface area contributed by atoms with Gasteiger partial charge in [0.05, 0.1) is 13.2 Å². The third-order valence-electron chi connectivity index (χ3n) is 2.18. The number of methoxy groups -OCH3 is 2. The van der Waals surface area contributed by atoms with Gasteiger partial charge in [0.15, 0.2) is 5.96 Å². The van der Waals surface area contributed by atoms with Crippen molar-refractivity contribution >= 4 is 5.96 Å². The SMILES string of the molecule is CC.CCCNC(=NC)N(CCOC)CCOC. The van der Waals surface area contributed by atoms with Gasteiger partial charge in [-0.1, -0.05) is 20.8 Å². The summed E-state index contributed by atoms with van der Waals surface area (Å²) in [7, 11) is 5.21. The van der Waals surface area contributed by atoms with Gasteiger partial charge in [0.25, 0.3) is 0 Å². The van der Waals surface area contributed by atoms with E-state index in [0.29, 0.717) is 13.2 Å². The predicted octanol–water partition coefficient (Wildman–Crippen LogP) is 1.59. The molecular weight excluding hydrogens is 230 g/mol. The molecule has 5 heteroatoms. The van der Waals surface area contributed by atoms with Crippen LogP contribution in [0.25, 0.3) is 0 Å². The lowest BCUT2D eigenvalue weighted by Crippen LogP contribution is -2.44. The van der Waals surface area contributed by atoms with Crippen LogP contribution in [-0.2, 0) is 9.47 Å². The van der Waals surface area contributed by atoms with Crippen molar-refractivity contribution < 1.29 is 9.47 Å². The number of aliphatic imine (C=N–C) groups is 1. The van der Waals surface area contributed by atoms with Crippen molar-refractivity contribution in [1.82, 2.24) is 10.2 Å². The second-order valence-corrected chi connectivity index (χ2v) is 3.45. The molecule has 0 aromatic carbocycles. The minimum atomic E-state index is 0.691. The minimum absolute atomic E-state index is 0.691. The van der Waals surface area contributed by atoms with Crippen LogP contribution in [-0.4, -0.2) is 65.0 Å². The van der Waals surface area contributed by atoms with Crippen molar-refractivity contribution in [3.63, 3.8) is 0 Å². The number of ether oxygens (including phenoxy) is 2. The van der Waals surface area contributed by atoms with Crippen molar-refractivity contribution in [2.45, 2.75) is 27.2 Å². The van der Waals surface area contributed by atoms with Gasteiger partial charge >= 0.3 is 0 Å². The number of rotatable bonds is 8. The molecule has 0 aromatic rings. The number of nitrogens with one attached hydrogen (secondary N) is 1. The average Bonchev–Trinajstić information content (AvgIpc) is 2.43.